The average molecular weight is 340 g/mol. The number of carboxylic acids is 1. The minimum absolute atomic E-state index is 0.165. The molecule has 0 bridgehead atoms. The average Bonchev–Trinajstić information content (AvgIpc) is 2.64. The number of benzene rings is 2. The molecule has 4 nitrogen and oxygen atoms in total. The number of carboxylic acid groups (broad SMARTS) is 1. The lowest BCUT2D eigenvalue weighted by atomic mass is 10.0. The first-order valence-electron chi connectivity index (χ1n) is 9.31. The molecule has 2 aromatic carbocycles. The van der Waals surface area contributed by atoms with Crippen molar-refractivity contribution in [2.45, 2.75) is 32.2 Å². The van der Waals surface area contributed by atoms with Crippen molar-refractivity contribution in [3.63, 3.8) is 0 Å². The highest BCUT2D eigenvalue weighted by Gasteiger charge is 2.24. The first-order valence-corrected chi connectivity index (χ1v) is 9.31. The number of likely N-dealkylation sites (tertiary alicyclic amines) is 1. The van der Waals surface area contributed by atoms with Gasteiger partial charge in [-0.05, 0) is 55.2 Å². The third-order valence-corrected chi connectivity index (χ3v) is 5.35. The van der Waals surface area contributed by atoms with Gasteiger partial charge in [0.1, 0.15) is 0 Å². The molecule has 0 atom stereocenters. The van der Waals surface area contributed by atoms with Crippen molar-refractivity contribution in [3.05, 3.63) is 48.0 Å². The van der Waals surface area contributed by atoms with Gasteiger partial charge in [-0.3, -0.25) is 9.69 Å². The molecule has 0 aromatic heterocycles. The number of likely N-dealkylation sites (N-methyl/N-ethyl adjacent to an activating group) is 1. The standard InChI is InChI=1S/C21H28N2O2/c1-2-23(16-21(24)25)20-10-13-22(14-11-20)12-9-17-7-8-18-5-3-4-6-19(18)15-17/h3-8,15,20H,2,9-14,16H2,1H3,(H,24,25). The van der Waals surface area contributed by atoms with Crippen molar-refractivity contribution < 1.29 is 9.90 Å². The van der Waals surface area contributed by atoms with Crippen LogP contribution in [0.2, 0.25) is 0 Å². The molecule has 0 aliphatic carbocycles. The van der Waals surface area contributed by atoms with Gasteiger partial charge in [0.2, 0.25) is 0 Å². The van der Waals surface area contributed by atoms with Gasteiger partial charge in [0, 0.05) is 12.6 Å². The molecule has 3 rings (SSSR count). The maximum absolute atomic E-state index is 11.0. The monoisotopic (exact) mass is 340 g/mol. The van der Waals surface area contributed by atoms with Crippen molar-refractivity contribution in [1.82, 2.24) is 9.80 Å². The van der Waals surface area contributed by atoms with Crippen LogP contribution in [0.5, 0.6) is 0 Å². The van der Waals surface area contributed by atoms with Gasteiger partial charge in [0.05, 0.1) is 6.54 Å². The molecule has 0 amide bonds. The van der Waals surface area contributed by atoms with Crippen molar-refractivity contribution >= 4 is 16.7 Å². The summed E-state index contributed by atoms with van der Waals surface area (Å²) < 4.78 is 0. The number of aliphatic carboxylic acids is 1. The molecule has 1 heterocycles. The van der Waals surface area contributed by atoms with E-state index >= 15 is 0 Å². The minimum atomic E-state index is -0.722. The Morgan fingerprint density at radius 1 is 1.16 bits per heavy atom. The van der Waals surface area contributed by atoms with Crippen LogP contribution in [-0.4, -0.2) is 59.6 Å². The summed E-state index contributed by atoms with van der Waals surface area (Å²) in [5.74, 6) is -0.722. The van der Waals surface area contributed by atoms with Crippen molar-refractivity contribution in [2.24, 2.45) is 0 Å². The predicted molar refractivity (Wildman–Crippen MR) is 102 cm³/mol. The van der Waals surface area contributed by atoms with Gasteiger partial charge in [0.15, 0.2) is 0 Å². The third kappa shape index (κ3) is 4.80. The number of nitrogens with zero attached hydrogens (tertiary/aromatic N) is 2. The first-order chi connectivity index (χ1) is 12.2. The van der Waals surface area contributed by atoms with Crippen molar-refractivity contribution in [2.75, 3.05) is 32.7 Å². The third-order valence-electron chi connectivity index (χ3n) is 5.35. The second kappa shape index (κ2) is 8.45. The molecule has 0 spiro atoms. The summed E-state index contributed by atoms with van der Waals surface area (Å²) in [6.07, 6.45) is 3.21. The number of piperidine rings is 1. The summed E-state index contributed by atoms with van der Waals surface area (Å²) in [6.45, 7) is 6.24. The summed E-state index contributed by atoms with van der Waals surface area (Å²) in [7, 11) is 0. The van der Waals surface area contributed by atoms with Gasteiger partial charge in [-0.25, -0.2) is 0 Å². The summed E-state index contributed by atoms with van der Waals surface area (Å²) in [4.78, 5) is 15.6. The maximum atomic E-state index is 11.0. The molecule has 1 aliphatic rings. The van der Waals surface area contributed by atoms with E-state index in [1.165, 1.54) is 16.3 Å². The van der Waals surface area contributed by atoms with Gasteiger partial charge in [-0.1, -0.05) is 49.4 Å². The molecule has 25 heavy (non-hydrogen) atoms. The zero-order valence-corrected chi connectivity index (χ0v) is 15.0. The minimum Gasteiger partial charge on any atom is -0.480 e. The topological polar surface area (TPSA) is 43.8 Å². The van der Waals surface area contributed by atoms with Crippen LogP contribution < -0.4 is 0 Å². The Kier molecular flexibility index (Phi) is 6.05. The Balaban J connectivity index is 1.49. The fourth-order valence-corrected chi connectivity index (χ4v) is 3.86. The molecule has 1 N–H and O–H groups in total. The van der Waals surface area contributed by atoms with Crippen LogP contribution in [-0.2, 0) is 11.2 Å². The maximum Gasteiger partial charge on any atom is 0.317 e. The fourth-order valence-electron chi connectivity index (χ4n) is 3.86. The predicted octanol–water partition coefficient (Wildman–Crippen LogP) is 3.25. The zero-order chi connectivity index (χ0) is 17.6. The molecule has 0 unspecified atom stereocenters. The van der Waals surface area contributed by atoms with E-state index in [1.54, 1.807) is 0 Å². The largest absolute Gasteiger partial charge is 0.480 e. The number of hydrogen-bond acceptors (Lipinski definition) is 3. The summed E-state index contributed by atoms with van der Waals surface area (Å²) in [5.41, 5.74) is 1.39. The smallest absolute Gasteiger partial charge is 0.317 e. The van der Waals surface area contributed by atoms with Gasteiger partial charge in [0.25, 0.3) is 0 Å². The number of fused-ring (bicyclic) bond motifs is 1. The van der Waals surface area contributed by atoms with Crippen LogP contribution in [0, 0.1) is 0 Å². The highest BCUT2D eigenvalue weighted by atomic mass is 16.4. The number of rotatable bonds is 7. The van der Waals surface area contributed by atoms with Crippen LogP contribution in [0.15, 0.2) is 42.5 Å². The summed E-state index contributed by atoms with van der Waals surface area (Å²) in [5, 5.41) is 11.6. The lowest BCUT2D eigenvalue weighted by Crippen LogP contribution is -2.46. The van der Waals surface area contributed by atoms with Crippen LogP contribution >= 0.6 is 0 Å². The van der Waals surface area contributed by atoms with E-state index in [9.17, 15) is 4.79 Å². The Hall–Kier alpha value is -1.91. The molecular formula is C21H28N2O2. The Morgan fingerprint density at radius 3 is 2.56 bits per heavy atom. The highest BCUT2D eigenvalue weighted by Crippen LogP contribution is 2.19. The Morgan fingerprint density at radius 2 is 1.88 bits per heavy atom. The SMILES string of the molecule is CCN(CC(=O)O)C1CCN(CCc2ccc3ccccc3c2)CC1. The molecule has 2 aromatic rings. The molecule has 134 valence electrons. The van der Waals surface area contributed by atoms with Gasteiger partial charge < -0.3 is 10.0 Å². The van der Waals surface area contributed by atoms with Gasteiger partial charge >= 0.3 is 5.97 Å². The lowest BCUT2D eigenvalue weighted by molar-refractivity contribution is -0.139. The number of carbonyl (C=O) groups is 1. The van der Waals surface area contributed by atoms with E-state index in [4.69, 9.17) is 5.11 Å². The van der Waals surface area contributed by atoms with Crippen LogP contribution in [0.4, 0.5) is 0 Å². The van der Waals surface area contributed by atoms with Crippen molar-refractivity contribution in [1.29, 1.82) is 0 Å². The Bertz CT molecular complexity index is 708. The molecular weight excluding hydrogens is 312 g/mol. The van der Waals surface area contributed by atoms with E-state index in [0.29, 0.717) is 6.04 Å². The Labute approximate surface area is 150 Å². The quantitative estimate of drug-likeness (QED) is 0.840. The van der Waals surface area contributed by atoms with E-state index in [2.05, 4.69) is 59.2 Å². The second-order valence-corrected chi connectivity index (χ2v) is 6.96. The highest BCUT2D eigenvalue weighted by molar-refractivity contribution is 5.82. The summed E-state index contributed by atoms with van der Waals surface area (Å²) in [6, 6.07) is 15.7. The second-order valence-electron chi connectivity index (χ2n) is 6.96. The number of hydrogen-bond donors (Lipinski definition) is 1. The van der Waals surface area contributed by atoms with E-state index < -0.39 is 5.97 Å². The fraction of sp³-hybridized carbons (Fsp3) is 0.476. The molecule has 1 fully saturated rings. The van der Waals surface area contributed by atoms with Crippen molar-refractivity contribution in [3.8, 4) is 0 Å². The van der Waals surface area contributed by atoms with Gasteiger partial charge in [-0.15, -0.1) is 0 Å². The molecule has 4 heteroatoms. The van der Waals surface area contributed by atoms with E-state index in [0.717, 1.165) is 45.4 Å². The van der Waals surface area contributed by atoms with E-state index in [-0.39, 0.29) is 6.54 Å². The van der Waals surface area contributed by atoms with Crippen LogP contribution in [0.3, 0.4) is 0 Å². The lowest BCUT2D eigenvalue weighted by Gasteiger charge is -2.37. The molecule has 0 saturated carbocycles. The van der Waals surface area contributed by atoms with Gasteiger partial charge in [-0.2, -0.15) is 0 Å². The van der Waals surface area contributed by atoms with Crippen LogP contribution in [0.1, 0.15) is 25.3 Å². The summed E-state index contributed by atoms with van der Waals surface area (Å²) >= 11 is 0. The molecule has 1 saturated heterocycles. The van der Waals surface area contributed by atoms with Crippen LogP contribution in [0.25, 0.3) is 10.8 Å². The first kappa shape index (κ1) is 17.9. The molecule has 0 radical (unpaired) electrons. The molecule has 1 aliphatic heterocycles. The normalized spacial score (nSPS) is 16.6. The van der Waals surface area contributed by atoms with E-state index in [1.807, 2.05) is 0 Å². The zero-order valence-electron chi connectivity index (χ0n) is 15.0.